The van der Waals surface area contributed by atoms with E-state index in [1.54, 1.807) is 41.3 Å². The molecule has 0 radical (unpaired) electrons. The molecule has 0 aliphatic heterocycles. The van der Waals surface area contributed by atoms with Crippen LogP contribution in [0.25, 0.3) is 0 Å². The maximum absolute atomic E-state index is 11.9. The third-order valence-corrected chi connectivity index (χ3v) is 2.37. The number of ether oxygens (including phenoxy) is 1. The van der Waals surface area contributed by atoms with Crippen molar-refractivity contribution in [3.8, 4) is 0 Å². The van der Waals surface area contributed by atoms with Crippen LogP contribution >= 0.6 is 0 Å². The van der Waals surface area contributed by atoms with Crippen molar-refractivity contribution < 1.29 is 9.53 Å². The van der Waals surface area contributed by atoms with Gasteiger partial charge in [0.1, 0.15) is 6.73 Å². The lowest BCUT2D eigenvalue weighted by Gasteiger charge is -1.99. The number of methoxy groups -OCH3 is 1. The zero-order valence-corrected chi connectivity index (χ0v) is 10.3. The molecule has 18 heavy (non-hydrogen) atoms. The molecule has 0 saturated heterocycles. The van der Waals surface area contributed by atoms with Crippen LogP contribution in [0.15, 0.2) is 24.8 Å². The number of amides is 1. The van der Waals surface area contributed by atoms with E-state index in [2.05, 4.69) is 15.5 Å². The molecular weight excluding hydrogens is 234 g/mol. The highest BCUT2D eigenvalue weighted by Crippen LogP contribution is 2.08. The van der Waals surface area contributed by atoms with Crippen molar-refractivity contribution in [3.63, 3.8) is 0 Å². The Hall–Kier alpha value is -2.15. The average molecular weight is 249 g/mol. The van der Waals surface area contributed by atoms with Gasteiger partial charge in [-0.25, -0.2) is 4.68 Å². The molecule has 0 saturated carbocycles. The molecule has 2 heterocycles. The molecule has 0 spiro atoms. The van der Waals surface area contributed by atoms with Crippen LogP contribution in [0.5, 0.6) is 0 Å². The van der Waals surface area contributed by atoms with Gasteiger partial charge in [-0.05, 0) is 6.92 Å². The Labute approximate surface area is 104 Å². The molecule has 2 aromatic rings. The quantitative estimate of drug-likeness (QED) is 0.856. The summed E-state index contributed by atoms with van der Waals surface area (Å²) < 4.78 is 8.21. The van der Waals surface area contributed by atoms with Crippen LogP contribution in [0.4, 0.5) is 5.69 Å². The summed E-state index contributed by atoms with van der Waals surface area (Å²) in [7, 11) is 1.58. The van der Waals surface area contributed by atoms with Crippen LogP contribution in [0, 0.1) is 0 Å². The fourth-order valence-electron chi connectivity index (χ4n) is 1.49. The Morgan fingerprint density at radius 1 is 1.33 bits per heavy atom. The summed E-state index contributed by atoms with van der Waals surface area (Å²) in [6.07, 6.45) is 6.51. The van der Waals surface area contributed by atoms with E-state index in [0.29, 0.717) is 18.0 Å². The molecule has 1 N–H and O–H groups in total. The Balaban J connectivity index is 2.01. The molecule has 1 amide bonds. The van der Waals surface area contributed by atoms with Gasteiger partial charge >= 0.3 is 0 Å². The summed E-state index contributed by atoms with van der Waals surface area (Å²) in [4.78, 5) is 11.9. The minimum atomic E-state index is -0.202. The van der Waals surface area contributed by atoms with Gasteiger partial charge in [-0.1, -0.05) is 0 Å². The predicted molar refractivity (Wildman–Crippen MR) is 65.1 cm³/mol. The summed E-state index contributed by atoms with van der Waals surface area (Å²) in [5.41, 5.74) is 1.15. The van der Waals surface area contributed by atoms with E-state index < -0.39 is 0 Å². The number of anilines is 1. The van der Waals surface area contributed by atoms with Crippen molar-refractivity contribution in [2.75, 3.05) is 12.4 Å². The fourth-order valence-corrected chi connectivity index (χ4v) is 1.49. The highest BCUT2D eigenvalue weighted by atomic mass is 16.5. The second kappa shape index (κ2) is 5.46. The maximum Gasteiger partial charge on any atom is 0.258 e. The van der Waals surface area contributed by atoms with Gasteiger partial charge in [0.05, 0.1) is 29.8 Å². The van der Waals surface area contributed by atoms with E-state index in [4.69, 9.17) is 4.74 Å². The minimum absolute atomic E-state index is 0.202. The lowest BCUT2D eigenvalue weighted by molar-refractivity contribution is 0.102. The number of hydrogen-bond donors (Lipinski definition) is 1. The van der Waals surface area contributed by atoms with Gasteiger partial charge < -0.3 is 10.1 Å². The molecule has 0 atom stereocenters. The first kappa shape index (κ1) is 12.3. The van der Waals surface area contributed by atoms with Gasteiger partial charge in [0.15, 0.2) is 0 Å². The van der Waals surface area contributed by atoms with E-state index in [1.165, 1.54) is 0 Å². The van der Waals surface area contributed by atoms with E-state index in [-0.39, 0.29) is 5.91 Å². The van der Waals surface area contributed by atoms with Gasteiger partial charge in [0.25, 0.3) is 5.91 Å². The topological polar surface area (TPSA) is 74.0 Å². The summed E-state index contributed by atoms with van der Waals surface area (Å²) in [6.45, 7) is 3.05. The second-order valence-electron chi connectivity index (χ2n) is 3.73. The lowest BCUT2D eigenvalue weighted by Crippen LogP contribution is -2.10. The minimum Gasteiger partial charge on any atom is -0.362 e. The molecule has 2 rings (SSSR count). The first-order valence-corrected chi connectivity index (χ1v) is 5.58. The largest absolute Gasteiger partial charge is 0.362 e. The molecule has 0 fully saturated rings. The molecule has 96 valence electrons. The van der Waals surface area contributed by atoms with Crippen LogP contribution < -0.4 is 5.32 Å². The number of hydrogen-bond acceptors (Lipinski definition) is 4. The highest BCUT2D eigenvalue weighted by molar-refractivity contribution is 6.03. The normalized spacial score (nSPS) is 10.6. The van der Waals surface area contributed by atoms with Gasteiger partial charge in [-0.15, -0.1) is 0 Å². The number of nitrogens with one attached hydrogen (secondary N) is 1. The monoisotopic (exact) mass is 249 g/mol. The maximum atomic E-state index is 11.9. The number of rotatable bonds is 5. The zero-order valence-electron chi connectivity index (χ0n) is 10.3. The molecule has 0 bridgehead atoms. The van der Waals surface area contributed by atoms with Crippen LogP contribution in [-0.2, 0) is 18.0 Å². The first-order chi connectivity index (χ1) is 8.72. The third kappa shape index (κ3) is 2.75. The van der Waals surface area contributed by atoms with Crippen molar-refractivity contribution in [1.29, 1.82) is 0 Å². The van der Waals surface area contributed by atoms with Crippen LogP contribution in [0.2, 0.25) is 0 Å². The Bertz CT molecular complexity index is 531. The van der Waals surface area contributed by atoms with Gasteiger partial charge in [0, 0.05) is 19.9 Å². The van der Waals surface area contributed by atoms with Crippen molar-refractivity contribution in [2.45, 2.75) is 20.2 Å². The average Bonchev–Trinajstić information content (AvgIpc) is 2.98. The van der Waals surface area contributed by atoms with E-state index >= 15 is 0 Å². The Morgan fingerprint density at radius 2 is 2.11 bits per heavy atom. The first-order valence-electron chi connectivity index (χ1n) is 5.58. The Kier molecular flexibility index (Phi) is 3.73. The SMILES string of the molecule is CCn1cc(C(=O)Nc2cnn(COC)c2)cn1. The highest BCUT2D eigenvalue weighted by Gasteiger charge is 2.09. The Morgan fingerprint density at radius 3 is 2.78 bits per heavy atom. The summed E-state index contributed by atoms with van der Waals surface area (Å²) >= 11 is 0. The number of carbonyl (C=O) groups is 1. The molecule has 0 unspecified atom stereocenters. The number of carbonyl (C=O) groups excluding carboxylic acids is 1. The number of aromatic nitrogens is 4. The molecule has 0 aliphatic rings. The van der Waals surface area contributed by atoms with E-state index in [0.717, 1.165) is 6.54 Å². The summed E-state index contributed by atoms with van der Waals surface area (Å²) in [5, 5.41) is 10.8. The van der Waals surface area contributed by atoms with E-state index in [9.17, 15) is 4.79 Å². The number of aryl methyl sites for hydroxylation is 1. The van der Waals surface area contributed by atoms with Crippen molar-refractivity contribution >= 4 is 11.6 Å². The molecule has 0 aromatic carbocycles. The fraction of sp³-hybridized carbons (Fsp3) is 0.364. The van der Waals surface area contributed by atoms with E-state index in [1.807, 2.05) is 6.92 Å². The standard InChI is InChI=1S/C11H15N5O2/c1-3-15-6-9(4-12-15)11(17)14-10-5-13-16(7-10)8-18-2/h4-7H,3,8H2,1-2H3,(H,14,17). The van der Waals surface area contributed by atoms with Crippen molar-refractivity contribution in [3.05, 3.63) is 30.4 Å². The molecule has 0 aliphatic carbocycles. The molecule has 7 nitrogen and oxygen atoms in total. The van der Waals surface area contributed by atoms with Crippen LogP contribution in [0.1, 0.15) is 17.3 Å². The van der Waals surface area contributed by atoms with Crippen LogP contribution in [-0.4, -0.2) is 32.6 Å². The third-order valence-electron chi connectivity index (χ3n) is 2.37. The van der Waals surface area contributed by atoms with Gasteiger partial charge in [0.2, 0.25) is 0 Å². The van der Waals surface area contributed by atoms with Crippen molar-refractivity contribution in [1.82, 2.24) is 19.6 Å². The molecule has 7 heteroatoms. The smallest absolute Gasteiger partial charge is 0.258 e. The summed E-state index contributed by atoms with van der Waals surface area (Å²) in [6, 6.07) is 0. The lowest BCUT2D eigenvalue weighted by atomic mass is 10.3. The molecular formula is C11H15N5O2. The zero-order chi connectivity index (χ0) is 13.0. The second-order valence-corrected chi connectivity index (χ2v) is 3.73. The predicted octanol–water partition coefficient (Wildman–Crippen LogP) is 0.956. The summed E-state index contributed by atoms with van der Waals surface area (Å²) in [5.74, 6) is -0.202. The van der Waals surface area contributed by atoms with Gasteiger partial charge in [-0.3, -0.25) is 9.48 Å². The van der Waals surface area contributed by atoms with Gasteiger partial charge in [-0.2, -0.15) is 10.2 Å². The van der Waals surface area contributed by atoms with Crippen molar-refractivity contribution in [2.24, 2.45) is 0 Å². The number of nitrogens with zero attached hydrogens (tertiary/aromatic N) is 4. The van der Waals surface area contributed by atoms with Crippen LogP contribution in [0.3, 0.4) is 0 Å². The molecule has 2 aromatic heterocycles.